The molecule has 0 atom stereocenters. The van der Waals surface area contributed by atoms with E-state index in [4.69, 9.17) is 5.11 Å². The zero-order valence-electron chi connectivity index (χ0n) is 10.3. The second kappa shape index (κ2) is 9.91. The summed E-state index contributed by atoms with van der Waals surface area (Å²) in [6.07, 6.45) is 7.68. The maximum absolute atomic E-state index is 8.89. The van der Waals surface area contributed by atoms with Crippen LogP contribution in [0.2, 0.25) is 0 Å². The lowest BCUT2D eigenvalue weighted by Gasteiger charge is -2.18. The minimum absolute atomic E-state index is 0. The molecule has 1 aliphatic rings. The number of rotatable bonds is 8. The molecule has 0 aromatic rings. The molecule has 1 aliphatic heterocycles. The Balaban J connectivity index is 0.00000225. The molecule has 0 aromatic heterocycles. The van der Waals surface area contributed by atoms with E-state index in [1.54, 1.807) is 0 Å². The van der Waals surface area contributed by atoms with Crippen LogP contribution >= 0.6 is 12.4 Å². The number of aliphatic hydroxyl groups excluding tert-OH is 1. The quantitative estimate of drug-likeness (QED) is 0.670. The molecule has 1 rings (SSSR count). The SMILES string of the molecule is CCCCCCCC1=NCCN1CCO.Cl. The minimum Gasteiger partial charge on any atom is -0.395 e. The lowest BCUT2D eigenvalue weighted by atomic mass is 10.1. The van der Waals surface area contributed by atoms with Crippen molar-refractivity contribution in [3.05, 3.63) is 0 Å². The molecular weight excluding hydrogens is 224 g/mol. The molecule has 16 heavy (non-hydrogen) atoms. The van der Waals surface area contributed by atoms with E-state index in [2.05, 4.69) is 16.8 Å². The summed E-state index contributed by atoms with van der Waals surface area (Å²) in [5.74, 6) is 1.22. The van der Waals surface area contributed by atoms with E-state index < -0.39 is 0 Å². The second-order valence-corrected chi connectivity index (χ2v) is 4.17. The van der Waals surface area contributed by atoms with Crippen molar-refractivity contribution < 1.29 is 5.11 Å². The number of aliphatic imine (C=N–C) groups is 1. The molecule has 0 aliphatic carbocycles. The van der Waals surface area contributed by atoms with Gasteiger partial charge in [0.1, 0.15) is 0 Å². The van der Waals surface area contributed by atoms with Crippen LogP contribution in [0.15, 0.2) is 4.99 Å². The average Bonchev–Trinajstić information content (AvgIpc) is 2.66. The topological polar surface area (TPSA) is 35.8 Å². The first-order valence-corrected chi connectivity index (χ1v) is 6.27. The third-order valence-electron chi connectivity index (χ3n) is 2.90. The van der Waals surface area contributed by atoms with Crippen LogP contribution in [-0.4, -0.2) is 42.1 Å². The highest BCUT2D eigenvalue weighted by Gasteiger charge is 2.14. The second-order valence-electron chi connectivity index (χ2n) is 4.17. The summed E-state index contributed by atoms with van der Waals surface area (Å²) in [5, 5.41) is 8.89. The van der Waals surface area contributed by atoms with Crippen molar-refractivity contribution in [1.29, 1.82) is 0 Å². The number of aliphatic hydroxyl groups is 1. The van der Waals surface area contributed by atoms with Crippen molar-refractivity contribution in [3.8, 4) is 0 Å². The van der Waals surface area contributed by atoms with E-state index in [0.717, 1.165) is 26.1 Å². The molecule has 0 saturated carbocycles. The summed E-state index contributed by atoms with van der Waals surface area (Å²) in [7, 11) is 0. The van der Waals surface area contributed by atoms with Crippen LogP contribution in [0.3, 0.4) is 0 Å². The zero-order valence-corrected chi connectivity index (χ0v) is 11.1. The van der Waals surface area contributed by atoms with Crippen LogP contribution in [0.1, 0.15) is 45.4 Å². The molecule has 0 amide bonds. The van der Waals surface area contributed by atoms with Crippen molar-refractivity contribution in [2.24, 2.45) is 4.99 Å². The molecule has 3 nitrogen and oxygen atoms in total. The number of unbranched alkanes of at least 4 members (excludes halogenated alkanes) is 4. The van der Waals surface area contributed by atoms with Gasteiger partial charge in [-0.25, -0.2) is 0 Å². The standard InChI is InChI=1S/C12H24N2O.ClH/c1-2-3-4-5-6-7-12-13-8-9-14(12)10-11-15;/h15H,2-11H2,1H3;1H. The molecule has 0 aromatic carbocycles. The molecular formula is C12H25ClN2O. The van der Waals surface area contributed by atoms with E-state index >= 15 is 0 Å². The number of amidine groups is 1. The fraction of sp³-hybridized carbons (Fsp3) is 0.917. The summed E-state index contributed by atoms with van der Waals surface area (Å²) in [5.41, 5.74) is 0. The van der Waals surface area contributed by atoms with Gasteiger partial charge >= 0.3 is 0 Å². The summed E-state index contributed by atoms with van der Waals surface area (Å²) < 4.78 is 0. The normalized spacial score (nSPS) is 14.9. The fourth-order valence-corrected chi connectivity index (χ4v) is 2.01. The van der Waals surface area contributed by atoms with Crippen LogP contribution in [-0.2, 0) is 0 Å². The summed E-state index contributed by atoms with van der Waals surface area (Å²) >= 11 is 0. The molecule has 1 heterocycles. The van der Waals surface area contributed by atoms with Gasteiger partial charge in [-0.15, -0.1) is 12.4 Å². The molecule has 1 N–H and O–H groups in total. The molecule has 0 spiro atoms. The molecule has 0 radical (unpaired) electrons. The number of halogens is 1. The minimum atomic E-state index is 0. The first-order valence-electron chi connectivity index (χ1n) is 6.27. The Hall–Kier alpha value is -0.280. The van der Waals surface area contributed by atoms with Gasteiger partial charge in [-0.05, 0) is 6.42 Å². The molecule has 0 bridgehead atoms. The number of hydrogen-bond donors (Lipinski definition) is 1. The maximum Gasteiger partial charge on any atom is 0.0991 e. The van der Waals surface area contributed by atoms with Crippen LogP contribution in [0.5, 0.6) is 0 Å². The first-order chi connectivity index (χ1) is 7.38. The highest BCUT2D eigenvalue weighted by molar-refractivity contribution is 5.85. The lowest BCUT2D eigenvalue weighted by Crippen LogP contribution is -2.30. The van der Waals surface area contributed by atoms with E-state index in [9.17, 15) is 0 Å². The summed E-state index contributed by atoms with van der Waals surface area (Å²) in [4.78, 5) is 6.71. The van der Waals surface area contributed by atoms with E-state index in [-0.39, 0.29) is 19.0 Å². The van der Waals surface area contributed by atoms with Crippen LogP contribution < -0.4 is 0 Å². The molecule has 96 valence electrons. The maximum atomic E-state index is 8.89. The van der Waals surface area contributed by atoms with Gasteiger partial charge in [-0.1, -0.05) is 32.6 Å². The van der Waals surface area contributed by atoms with Crippen molar-refractivity contribution >= 4 is 18.2 Å². The Labute approximate surface area is 105 Å². The molecule has 0 unspecified atom stereocenters. The van der Waals surface area contributed by atoms with Gasteiger partial charge in [0.05, 0.1) is 19.0 Å². The average molecular weight is 249 g/mol. The van der Waals surface area contributed by atoms with Gasteiger partial charge in [-0.2, -0.15) is 0 Å². The van der Waals surface area contributed by atoms with Gasteiger partial charge in [0, 0.05) is 19.5 Å². The van der Waals surface area contributed by atoms with E-state index in [0.29, 0.717) is 0 Å². The van der Waals surface area contributed by atoms with Crippen LogP contribution in [0.25, 0.3) is 0 Å². The van der Waals surface area contributed by atoms with Crippen molar-refractivity contribution in [2.75, 3.05) is 26.2 Å². The van der Waals surface area contributed by atoms with Gasteiger partial charge in [0.15, 0.2) is 0 Å². The Bertz CT molecular complexity index is 197. The van der Waals surface area contributed by atoms with E-state index in [1.165, 1.54) is 37.9 Å². The lowest BCUT2D eigenvalue weighted by molar-refractivity contribution is 0.255. The van der Waals surface area contributed by atoms with E-state index in [1.807, 2.05) is 0 Å². The first kappa shape index (κ1) is 15.7. The van der Waals surface area contributed by atoms with Gasteiger partial charge < -0.3 is 10.0 Å². The third kappa shape index (κ3) is 5.71. The molecule has 4 heteroatoms. The van der Waals surface area contributed by atoms with Crippen molar-refractivity contribution in [3.63, 3.8) is 0 Å². The Kier molecular flexibility index (Phi) is 9.74. The smallest absolute Gasteiger partial charge is 0.0991 e. The predicted octanol–water partition coefficient (Wildman–Crippen LogP) is 2.48. The highest BCUT2D eigenvalue weighted by Crippen LogP contribution is 2.10. The van der Waals surface area contributed by atoms with Gasteiger partial charge in [-0.3, -0.25) is 4.99 Å². The Morgan fingerprint density at radius 1 is 1.25 bits per heavy atom. The van der Waals surface area contributed by atoms with Crippen molar-refractivity contribution in [2.45, 2.75) is 45.4 Å². The fourth-order valence-electron chi connectivity index (χ4n) is 2.01. The summed E-state index contributed by atoms with van der Waals surface area (Å²) in [6, 6.07) is 0. The molecule has 0 fully saturated rings. The third-order valence-corrected chi connectivity index (χ3v) is 2.90. The monoisotopic (exact) mass is 248 g/mol. The van der Waals surface area contributed by atoms with Crippen molar-refractivity contribution in [1.82, 2.24) is 4.90 Å². The largest absolute Gasteiger partial charge is 0.395 e. The Morgan fingerprint density at radius 3 is 2.69 bits per heavy atom. The van der Waals surface area contributed by atoms with Gasteiger partial charge in [0.2, 0.25) is 0 Å². The number of β-amino-alcohol motifs (C(OH)–C–C–N with tert-alkyl or cyclic N) is 1. The zero-order chi connectivity index (χ0) is 10.9. The Morgan fingerprint density at radius 2 is 2.00 bits per heavy atom. The predicted molar refractivity (Wildman–Crippen MR) is 71.6 cm³/mol. The highest BCUT2D eigenvalue weighted by atomic mass is 35.5. The van der Waals surface area contributed by atoms with Crippen LogP contribution in [0, 0.1) is 0 Å². The van der Waals surface area contributed by atoms with Crippen LogP contribution in [0.4, 0.5) is 0 Å². The van der Waals surface area contributed by atoms with Gasteiger partial charge in [0.25, 0.3) is 0 Å². The number of hydrogen-bond acceptors (Lipinski definition) is 3. The summed E-state index contributed by atoms with van der Waals surface area (Å²) in [6.45, 7) is 5.17. The molecule has 0 saturated heterocycles. The number of nitrogens with zero attached hydrogens (tertiary/aromatic N) is 2.